The van der Waals surface area contributed by atoms with Gasteiger partial charge in [-0.1, -0.05) is 53.5 Å². The number of anilines is 1. The molecule has 3 rings (SSSR count). The lowest BCUT2D eigenvalue weighted by atomic mass is 10.1. The fraction of sp³-hybridized carbons (Fsp3) is 0.222. The molecule has 3 amide bonds. The Kier molecular flexibility index (Phi) is 10.3. The highest BCUT2D eigenvalue weighted by Gasteiger charge is 2.67. The minimum absolute atomic E-state index is 0.00920. The Morgan fingerprint density at radius 2 is 1.75 bits per heavy atom. The van der Waals surface area contributed by atoms with Gasteiger partial charge in [-0.05, 0) is 48.4 Å². The Morgan fingerprint density at radius 1 is 1.07 bits per heavy atom. The van der Waals surface area contributed by atoms with Crippen LogP contribution in [0.4, 0.5) is 14.5 Å². The molecule has 2 atom stereocenters. The summed E-state index contributed by atoms with van der Waals surface area (Å²) in [7, 11) is 0. The molecule has 0 heterocycles. The molecule has 0 radical (unpaired) electrons. The number of nitrogens with one attached hydrogen (secondary N) is 3. The van der Waals surface area contributed by atoms with Crippen molar-refractivity contribution in [1.82, 2.24) is 10.6 Å². The number of halogens is 7. The molecule has 40 heavy (non-hydrogen) atoms. The molecular weight excluding hydrogens is 630 g/mol. The highest BCUT2D eigenvalue weighted by atomic mass is 35.5. The molecule has 212 valence electrons. The third-order valence-electron chi connectivity index (χ3n) is 5.89. The van der Waals surface area contributed by atoms with E-state index in [1.165, 1.54) is 25.1 Å². The van der Waals surface area contributed by atoms with E-state index in [1.807, 2.05) is 0 Å². The van der Waals surface area contributed by atoms with Gasteiger partial charge < -0.3 is 16.0 Å². The lowest BCUT2D eigenvalue weighted by Gasteiger charge is -2.13. The number of hydrogen-bond acceptors (Lipinski definition) is 3. The van der Waals surface area contributed by atoms with Gasteiger partial charge in [0.05, 0.1) is 26.5 Å². The third kappa shape index (κ3) is 7.36. The van der Waals surface area contributed by atoms with Gasteiger partial charge in [0.25, 0.3) is 5.91 Å². The molecule has 1 fully saturated rings. The van der Waals surface area contributed by atoms with Gasteiger partial charge in [0.15, 0.2) is 0 Å². The van der Waals surface area contributed by atoms with Crippen molar-refractivity contribution in [2.45, 2.75) is 24.1 Å². The minimum atomic E-state index is -1.42. The third-order valence-corrected chi connectivity index (χ3v) is 8.07. The average molecular weight is 652 g/mol. The maximum absolute atomic E-state index is 14.6. The van der Waals surface area contributed by atoms with Crippen molar-refractivity contribution in [3.63, 3.8) is 0 Å². The Labute approximate surface area is 254 Å². The average Bonchev–Trinajstić information content (AvgIpc) is 3.45. The maximum atomic E-state index is 14.6. The predicted molar refractivity (Wildman–Crippen MR) is 156 cm³/mol. The van der Waals surface area contributed by atoms with Crippen molar-refractivity contribution in [3.05, 3.63) is 98.2 Å². The molecule has 0 aliphatic heterocycles. The zero-order valence-electron chi connectivity index (χ0n) is 21.0. The monoisotopic (exact) mass is 649 g/mol. The smallest absolute Gasteiger partial charge is 0.257 e. The lowest BCUT2D eigenvalue weighted by Crippen LogP contribution is -2.25. The molecule has 6 nitrogen and oxygen atoms in total. The van der Waals surface area contributed by atoms with Crippen molar-refractivity contribution < 1.29 is 23.2 Å². The summed E-state index contributed by atoms with van der Waals surface area (Å²) in [6.07, 6.45) is 2.08. The molecule has 0 saturated heterocycles. The minimum Gasteiger partial charge on any atom is -0.353 e. The van der Waals surface area contributed by atoms with Crippen LogP contribution in [0, 0.1) is 12.8 Å². The number of allylic oxidation sites excluding steroid dienone is 3. The van der Waals surface area contributed by atoms with Crippen molar-refractivity contribution in [3.8, 4) is 0 Å². The highest BCUT2D eigenvalue weighted by Crippen LogP contribution is 2.65. The van der Waals surface area contributed by atoms with Gasteiger partial charge in [-0.3, -0.25) is 14.4 Å². The number of rotatable bonds is 9. The molecular formula is C27H22Cl5F2N3O3. The number of hydrogen-bond donors (Lipinski definition) is 3. The van der Waals surface area contributed by atoms with Crippen LogP contribution in [0.1, 0.15) is 34.3 Å². The Hall–Kier alpha value is -2.62. The molecule has 2 aromatic carbocycles. The largest absolute Gasteiger partial charge is 0.353 e. The summed E-state index contributed by atoms with van der Waals surface area (Å²) < 4.78 is 27.2. The summed E-state index contributed by atoms with van der Waals surface area (Å²) in [6.45, 7) is 5.88. The van der Waals surface area contributed by atoms with E-state index in [2.05, 4.69) is 22.5 Å². The number of alkyl halides is 2. The van der Waals surface area contributed by atoms with Gasteiger partial charge in [-0.2, -0.15) is 0 Å². The van der Waals surface area contributed by atoms with Crippen LogP contribution in [0.3, 0.4) is 0 Å². The van der Waals surface area contributed by atoms with Crippen LogP contribution in [0.2, 0.25) is 15.1 Å². The zero-order valence-corrected chi connectivity index (χ0v) is 24.8. The van der Waals surface area contributed by atoms with Crippen LogP contribution in [0.5, 0.6) is 0 Å². The van der Waals surface area contributed by atoms with E-state index in [-0.39, 0.29) is 33.7 Å². The molecule has 0 aromatic heterocycles. The van der Waals surface area contributed by atoms with Crippen LogP contribution in [0.15, 0.2) is 66.4 Å². The molecule has 1 saturated carbocycles. The van der Waals surface area contributed by atoms with Crippen LogP contribution in [-0.2, 0) is 9.59 Å². The number of carbonyl (C=O) groups excluding carboxylic acids is 3. The maximum Gasteiger partial charge on any atom is 0.257 e. The van der Waals surface area contributed by atoms with Crippen molar-refractivity contribution >= 4 is 81.4 Å². The highest BCUT2D eigenvalue weighted by molar-refractivity contribution is 6.53. The van der Waals surface area contributed by atoms with Crippen molar-refractivity contribution in [2.75, 3.05) is 11.9 Å². The first-order valence-corrected chi connectivity index (χ1v) is 13.4. The Morgan fingerprint density at radius 3 is 2.35 bits per heavy atom. The van der Waals surface area contributed by atoms with Gasteiger partial charge in [0.1, 0.15) is 21.7 Å². The van der Waals surface area contributed by atoms with E-state index in [4.69, 9.17) is 58.0 Å². The van der Waals surface area contributed by atoms with Crippen molar-refractivity contribution in [2.24, 2.45) is 5.92 Å². The van der Waals surface area contributed by atoms with Crippen LogP contribution in [-0.4, -0.2) is 28.6 Å². The fourth-order valence-electron chi connectivity index (χ4n) is 3.89. The summed E-state index contributed by atoms with van der Waals surface area (Å²) in [5.74, 6) is -5.68. The van der Waals surface area contributed by atoms with Gasteiger partial charge in [0.2, 0.25) is 11.8 Å². The van der Waals surface area contributed by atoms with Gasteiger partial charge >= 0.3 is 0 Å². The zero-order chi connectivity index (χ0) is 29.9. The molecule has 1 aliphatic carbocycles. The summed E-state index contributed by atoms with van der Waals surface area (Å²) in [6, 6.07) is 7.56. The fourth-order valence-corrected chi connectivity index (χ4v) is 5.22. The van der Waals surface area contributed by atoms with E-state index in [1.54, 1.807) is 25.1 Å². The first-order chi connectivity index (χ1) is 18.6. The van der Waals surface area contributed by atoms with E-state index in [0.29, 0.717) is 16.1 Å². The summed E-state index contributed by atoms with van der Waals surface area (Å²) >= 11 is 31.2. The van der Waals surface area contributed by atoms with Gasteiger partial charge in [-0.25, -0.2) is 8.78 Å². The van der Waals surface area contributed by atoms with Gasteiger partial charge in [-0.15, -0.1) is 23.2 Å². The second-order valence-electron chi connectivity index (χ2n) is 8.87. The van der Waals surface area contributed by atoms with E-state index in [0.717, 1.165) is 6.08 Å². The molecule has 1 unspecified atom stereocenters. The number of amides is 3. The molecule has 2 aromatic rings. The number of aryl methyl sites for hydroxylation is 1. The molecule has 13 heteroatoms. The first-order valence-electron chi connectivity index (χ1n) is 11.6. The lowest BCUT2D eigenvalue weighted by molar-refractivity contribution is -0.119. The quantitative estimate of drug-likeness (QED) is 0.193. The summed E-state index contributed by atoms with van der Waals surface area (Å²) in [4.78, 5) is 37.0. The van der Waals surface area contributed by atoms with E-state index >= 15 is 0 Å². The Balaban J connectivity index is 1.81. The molecule has 3 N–H and O–H groups in total. The molecule has 0 spiro atoms. The topological polar surface area (TPSA) is 87.3 Å². The van der Waals surface area contributed by atoms with Gasteiger partial charge in [0, 0.05) is 25.1 Å². The van der Waals surface area contributed by atoms with E-state index < -0.39 is 45.3 Å². The number of carbonyl (C=O) groups is 3. The molecule has 0 bridgehead atoms. The first kappa shape index (κ1) is 31.9. The van der Waals surface area contributed by atoms with Crippen molar-refractivity contribution in [1.29, 1.82) is 0 Å². The standard InChI is InChI=1S/C27H22Cl5F2N3O3/c1-12-9-16(36-26(40)22-21(27(22,31)32)15-6-7-18(28)19(29)10-15)11-17(23(12)30)25(39)37-24(13(2)33)20(34)5-4-8-35-14(3)38/h4-7,9-11,21-22H,2,8H2,1,3H3,(H,35,38)(H,36,40)(H,37,39)/b5-4-,24-20-/t21?,22-/m1/s1. The van der Waals surface area contributed by atoms with Crippen LogP contribution < -0.4 is 16.0 Å². The Bertz CT molecular complexity index is 1460. The number of benzene rings is 2. The normalized spacial score (nSPS) is 18.1. The molecule has 1 aliphatic rings. The second-order valence-corrected chi connectivity index (χ2v) is 11.5. The van der Waals surface area contributed by atoms with Crippen LogP contribution in [0.25, 0.3) is 0 Å². The second kappa shape index (κ2) is 12.9. The van der Waals surface area contributed by atoms with Crippen LogP contribution >= 0.6 is 58.0 Å². The predicted octanol–water partition coefficient (Wildman–Crippen LogP) is 7.57. The van der Waals surface area contributed by atoms with E-state index in [9.17, 15) is 23.2 Å². The summed E-state index contributed by atoms with van der Waals surface area (Å²) in [5.41, 5.74) is 0.172. The summed E-state index contributed by atoms with van der Waals surface area (Å²) in [5, 5.41) is 7.78. The SMILES string of the molecule is C=C(F)/C(NC(=O)c1cc(NC(=O)[C@H]2C(c3ccc(Cl)c(Cl)c3)C2(Cl)Cl)cc(C)c1Cl)=C(F)\C=C/CNC(C)=O.